The third kappa shape index (κ3) is 1.69. The van der Waals surface area contributed by atoms with Crippen molar-refractivity contribution in [1.29, 1.82) is 0 Å². The maximum Gasteiger partial charge on any atom is 0.356 e. The van der Waals surface area contributed by atoms with Gasteiger partial charge in [0.15, 0.2) is 10.7 Å². The number of thiazole rings is 1. The first-order chi connectivity index (χ1) is 8.65. The Balaban J connectivity index is 2.20. The summed E-state index contributed by atoms with van der Waals surface area (Å²) in [5.74, 6) is -0.999. The van der Waals surface area contributed by atoms with E-state index in [0.717, 1.165) is 11.3 Å². The molecule has 0 saturated heterocycles. The number of carbonyl (C=O) groups is 1. The van der Waals surface area contributed by atoms with Gasteiger partial charge in [0.1, 0.15) is 0 Å². The average molecular weight is 258 g/mol. The molecule has 0 spiro atoms. The van der Waals surface area contributed by atoms with Crippen LogP contribution in [-0.4, -0.2) is 20.5 Å². The summed E-state index contributed by atoms with van der Waals surface area (Å²) < 4.78 is 1.82. The van der Waals surface area contributed by atoms with Crippen LogP contribution >= 0.6 is 11.3 Å². The molecule has 0 unspecified atom stereocenters. The molecule has 0 radical (unpaired) electrons. The molecule has 2 heterocycles. The Hall–Kier alpha value is -2.14. The number of nitrogens with zero attached hydrogens (tertiary/aromatic N) is 2. The van der Waals surface area contributed by atoms with E-state index < -0.39 is 5.97 Å². The molecule has 3 rings (SSSR count). The molecule has 0 aliphatic heterocycles. The van der Waals surface area contributed by atoms with Crippen molar-refractivity contribution in [1.82, 2.24) is 9.38 Å². The van der Waals surface area contributed by atoms with Gasteiger partial charge in [-0.1, -0.05) is 23.8 Å². The van der Waals surface area contributed by atoms with Crippen LogP contribution in [0.15, 0.2) is 35.8 Å². The van der Waals surface area contributed by atoms with Crippen molar-refractivity contribution in [2.24, 2.45) is 0 Å². The van der Waals surface area contributed by atoms with Crippen molar-refractivity contribution in [3.63, 3.8) is 0 Å². The molecule has 0 aliphatic carbocycles. The van der Waals surface area contributed by atoms with Gasteiger partial charge in [0.05, 0.1) is 5.69 Å². The third-order valence-corrected chi connectivity index (χ3v) is 3.58. The molecule has 1 N–H and O–H groups in total. The monoisotopic (exact) mass is 258 g/mol. The number of fused-ring (bicyclic) bond motifs is 1. The van der Waals surface area contributed by atoms with Gasteiger partial charge in [-0.15, -0.1) is 11.3 Å². The van der Waals surface area contributed by atoms with Crippen LogP contribution in [0.5, 0.6) is 0 Å². The summed E-state index contributed by atoms with van der Waals surface area (Å²) in [6.07, 6.45) is 1.56. The van der Waals surface area contributed by atoms with Gasteiger partial charge in [-0.25, -0.2) is 9.78 Å². The largest absolute Gasteiger partial charge is 0.476 e. The summed E-state index contributed by atoms with van der Waals surface area (Å²) >= 11 is 1.44. The fourth-order valence-corrected chi connectivity index (χ4v) is 2.78. The maximum atomic E-state index is 10.9. The number of carboxylic acids is 1. The molecule has 90 valence electrons. The molecule has 2 aromatic heterocycles. The number of benzene rings is 1. The predicted molar refractivity (Wildman–Crippen MR) is 70.2 cm³/mol. The number of aryl methyl sites for hydroxylation is 1. The van der Waals surface area contributed by atoms with Crippen molar-refractivity contribution in [3.05, 3.63) is 47.1 Å². The Morgan fingerprint density at radius 2 is 2.28 bits per heavy atom. The number of rotatable bonds is 2. The number of imidazole rings is 1. The van der Waals surface area contributed by atoms with Gasteiger partial charge in [0, 0.05) is 11.6 Å². The van der Waals surface area contributed by atoms with Gasteiger partial charge >= 0.3 is 5.97 Å². The number of aromatic carboxylic acids is 1. The highest BCUT2D eigenvalue weighted by molar-refractivity contribution is 7.15. The fraction of sp³-hybridized carbons (Fsp3) is 0.0769. The van der Waals surface area contributed by atoms with Crippen LogP contribution in [0.3, 0.4) is 0 Å². The molecule has 3 aromatic rings. The topological polar surface area (TPSA) is 54.6 Å². The summed E-state index contributed by atoms with van der Waals surface area (Å²) in [6, 6.07) is 8.10. The molecule has 0 atom stereocenters. The zero-order chi connectivity index (χ0) is 12.7. The van der Waals surface area contributed by atoms with Crippen molar-refractivity contribution >= 4 is 22.3 Å². The number of aromatic nitrogens is 2. The van der Waals surface area contributed by atoms with Gasteiger partial charge in [0.25, 0.3) is 0 Å². The zero-order valence-corrected chi connectivity index (χ0v) is 10.4. The Morgan fingerprint density at radius 1 is 1.44 bits per heavy atom. The second kappa shape index (κ2) is 3.96. The van der Waals surface area contributed by atoms with Crippen LogP contribution in [0.25, 0.3) is 16.2 Å². The van der Waals surface area contributed by atoms with Gasteiger partial charge in [0.2, 0.25) is 0 Å². The molecule has 0 aliphatic rings. The first-order valence-corrected chi connectivity index (χ1v) is 6.30. The molecule has 1 aromatic carbocycles. The summed E-state index contributed by atoms with van der Waals surface area (Å²) in [5, 5.41) is 10.9. The first kappa shape index (κ1) is 11.0. The van der Waals surface area contributed by atoms with Crippen LogP contribution in [0.4, 0.5) is 0 Å². The third-order valence-electron chi connectivity index (χ3n) is 2.74. The molecule has 0 fully saturated rings. The Morgan fingerprint density at radius 3 is 3.00 bits per heavy atom. The molecule has 4 nitrogen and oxygen atoms in total. The van der Waals surface area contributed by atoms with Crippen LogP contribution in [0, 0.1) is 6.92 Å². The van der Waals surface area contributed by atoms with Crippen molar-refractivity contribution in [2.45, 2.75) is 6.92 Å². The van der Waals surface area contributed by atoms with E-state index in [9.17, 15) is 4.79 Å². The van der Waals surface area contributed by atoms with Crippen molar-refractivity contribution < 1.29 is 9.90 Å². The minimum absolute atomic E-state index is 0.0794. The van der Waals surface area contributed by atoms with Gasteiger partial charge < -0.3 is 5.11 Å². The number of hydrogen-bond acceptors (Lipinski definition) is 3. The molecular weight excluding hydrogens is 248 g/mol. The molecule has 5 heteroatoms. The Labute approximate surface area is 107 Å². The Bertz CT molecular complexity index is 742. The standard InChI is InChI=1S/C13H10N2O2S/c1-8-3-2-4-9(5-8)11-7-18-13-14-10(12(16)17)6-15(11)13/h2-7H,1H3,(H,16,17). The van der Waals surface area contributed by atoms with Crippen molar-refractivity contribution in [3.8, 4) is 11.3 Å². The molecule has 0 saturated carbocycles. The summed E-state index contributed by atoms with van der Waals surface area (Å²) in [5.41, 5.74) is 3.29. The fourth-order valence-electron chi connectivity index (χ4n) is 1.90. The molecule has 0 amide bonds. The van der Waals surface area contributed by atoms with E-state index in [2.05, 4.69) is 11.1 Å². The summed E-state index contributed by atoms with van der Waals surface area (Å²) in [4.78, 5) is 15.7. The van der Waals surface area contributed by atoms with Gasteiger partial charge in [-0.2, -0.15) is 0 Å². The summed E-state index contributed by atoms with van der Waals surface area (Å²) in [6.45, 7) is 2.03. The number of carboxylic acid groups (broad SMARTS) is 1. The lowest BCUT2D eigenvalue weighted by Gasteiger charge is -2.00. The number of hydrogen-bond donors (Lipinski definition) is 1. The quantitative estimate of drug-likeness (QED) is 0.768. The van der Waals surface area contributed by atoms with Gasteiger partial charge in [-0.05, 0) is 18.6 Å². The highest BCUT2D eigenvalue weighted by Gasteiger charge is 2.13. The average Bonchev–Trinajstić information content (AvgIpc) is 2.87. The molecular formula is C13H10N2O2S. The minimum Gasteiger partial charge on any atom is -0.476 e. The minimum atomic E-state index is -0.999. The maximum absolute atomic E-state index is 10.9. The summed E-state index contributed by atoms with van der Waals surface area (Å²) in [7, 11) is 0. The lowest BCUT2D eigenvalue weighted by Crippen LogP contribution is -1.95. The van der Waals surface area contributed by atoms with E-state index in [0.29, 0.717) is 4.96 Å². The normalized spacial score (nSPS) is 10.9. The lowest BCUT2D eigenvalue weighted by molar-refractivity contribution is 0.0691. The predicted octanol–water partition coefficient (Wildman–Crippen LogP) is 3.07. The van der Waals surface area contributed by atoms with E-state index in [-0.39, 0.29) is 5.69 Å². The zero-order valence-electron chi connectivity index (χ0n) is 9.62. The van der Waals surface area contributed by atoms with Crippen LogP contribution in [-0.2, 0) is 0 Å². The van der Waals surface area contributed by atoms with E-state index in [1.54, 1.807) is 6.20 Å². The molecule has 0 bridgehead atoms. The van der Waals surface area contributed by atoms with E-state index >= 15 is 0 Å². The van der Waals surface area contributed by atoms with E-state index in [1.807, 2.05) is 34.9 Å². The van der Waals surface area contributed by atoms with E-state index in [4.69, 9.17) is 5.11 Å². The van der Waals surface area contributed by atoms with E-state index in [1.165, 1.54) is 16.9 Å². The van der Waals surface area contributed by atoms with Crippen LogP contribution < -0.4 is 0 Å². The highest BCUT2D eigenvalue weighted by atomic mass is 32.1. The Kier molecular flexibility index (Phi) is 2.41. The second-order valence-corrected chi connectivity index (χ2v) is 4.91. The lowest BCUT2D eigenvalue weighted by atomic mass is 10.1. The van der Waals surface area contributed by atoms with Crippen LogP contribution in [0.2, 0.25) is 0 Å². The van der Waals surface area contributed by atoms with Crippen LogP contribution in [0.1, 0.15) is 16.1 Å². The molecule has 18 heavy (non-hydrogen) atoms. The van der Waals surface area contributed by atoms with Gasteiger partial charge in [-0.3, -0.25) is 4.40 Å². The second-order valence-electron chi connectivity index (χ2n) is 4.07. The highest BCUT2D eigenvalue weighted by Crippen LogP contribution is 2.26. The smallest absolute Gasteiger partial charge is 0.356 e. The first-order valence-electron chi connectivity index (χ1n) is 5.42. The van der Waals surface area contributed by atoms with Crippen molar-refractivity contribution in [2.75, 3.05) is 0 Å². The SMILES string of the molecule is Cc1cccc(-c2csc3nc(C(=O)O)cn23)c1.